The fourth-order valence-corrected chi connectivity index (χ4v) is 4.44. The first-order chi connectivity index (χ1) is 9.88. The lowest BCUT2D eigenvalue weighted by Crippen LogP contribution is -2.36. The minimum atomic E-state index is -3.02. The largest absolute Gasteiger partial charge is 0.496 e. The standard InChI is InChI=1S/C14H19F2NO3S/c1-3-17(10-6-7-21(18,19)9-10)8-11-13(20-2)5-4-12(15)14(11)16/h4-5,10H,3,6-9H2,1-2H3/t10-/m0/s1. The highest BCUT2D eigenvalue weighted by atomic mass is 32.2. The van der Waals surface area contributed by atoms with Crippen molar-refractivity contribution in [2.75, 3.05) is 25.2 Å². The lowest BCUT2D eigenvalue weighted by atomic mass is 10.1. The number of benzene rings is 1. The van der Waals surface area contributed by atoms with E-state index in [4.69, 9.17) is 4.74 Å². The number of sulfone groups is 1. The summed E-state index contributed by atoms with van der Waals surface area (Å²) in [5.74, 6) is -1.38. The molecule has 0 bridgehead atoms. The molecule has 0 saturated carbocycles. The van der Waals surface area contributed by atoms with Crippen LogP contribution in [0.25, 0.3) is 0 Å². The van der Waals surface area contributed by atoms with Crippen molar-refractivity contribution < 1.29 is 21.9 Å². The number of hydrogen-bond donors (Lipinski definition) is 0. The van der Waals surface area contributed by atoms with Crippen molar-refractivity contribution in [1.29, 1.82) is 0 Å². The number of nitrogens with zero attached hydrogens (tertiary/aromatic N) is 1. The maximum absolute atomic E-state index is 14.0. The zero-order valence-corrected chi connectivity index (χ0v) is 12.9. The maximum atomic E-state index is 14.0. The van der Waals surface area contributed by atoms with E-state index < -0.39 is 21.5 Å². The first kappa shape index (κ1) is 16.2. The molecule has 0 amide bonds. The molecule has 0 N–H and O–H groups in total. The van der Waals surface area contributed by atoms with Crippen LogP contribution < -0.4 is 4.74 Å². The molecule has 1 aromatic carbocycles. The number of halogens is 2. The molecule has 1 aromatic rings. The van der Waals surface area contributed by atoms with Gasteiger partial charge in [-0.25, -0.2) is 17.2 Å². The van der Waals surface area contributed by atoms with Crippen molar-refractivity contribution in [1.82, 2.24) is 4.90 Å². The van der Waals surface area contributed by atoms with Gasteiger partial charge in [-0.2, -0.15) is 0 Å². The molecule has 118 valence electrons. The molecular formula is C14H19F2NO3S. The van der Waals surface area contributed by atoms with Crippen LogP contribution in [0.1, 0.15) is 18.9 Å². The van der Waals surface area contributed by atoms with Crippen LogP contribution in [0.5, 0.6) is 5.75 Å². The highest BCUT2D eigenvalue weighted by molar-refractivity contribution is 7.91. The van der Waals surface area contributed by atoms with Crippen molar-refractivity contribution in [3.05, 3.63) is 29.3 Å². The van der Waals surface area contributed by atoms with Gasteiger partial charge in [-0.3, -0.25) is 4.90 Å². The van der Waals surface area contributed by atoms with Gasteiger partial charge in [0.2, 0.25) is 0 Å². The summed E-state index contributed by atoms with van der Waals surface area (Å²) in [4.78, 5) is 1.85. The molecule has 1 aliphatic rings. The van der Waals surface area contributed by atoms with Crippen LogP contribution in [0.4, 0.5) is 8.78 Å². The normalized spacial score (nSPS) is 20.9. The maximum Gasteiger partial charge on any atom is 0.167 e. The van der Waals surface area contributed by atoms with Crippen LogP contribution in [0.2, 0.25) is 0 Å². The summed E-state index contributed by atoms with van der Waals surface area (Å²) in [6, 6.07) is 2.24. The van der Waals surface area contributed by atoms with E-state index in [1.165, 1.54) is 13.2 Å². The zero-order chi connectivity index (χ0) is 15.6. The van der Waals surface area contributed by atoms with Crippen molar-refractivity contribution in [3.8, 4) is 5.75 Å². The van der Waals surface area contributed by atoms with E-state index >= 15 is 0 Å². The van der Waals surface area contributed by atoms with Crippen molar-refractivity contribution in [3.63, 3.8) is 0 Å². The van der Waals surface area contributed by atoms with Crippen LogP contribution in [-0.4, -0.2) is 44.5 Å². The Hall–Kier alpha value is -1.21. The van der Waals surface area contributed by atoms with E-state index in [9.17, 15) is 17.2 Å². The molecule has 1 aliphatic heterocycles. The third-order valence-corrected chi connectivity index (χ3v) is 5.62. The van der Waals surface area contributed by atoms with Crippen molar-refractivity contribution in [2.45, 2.75) is 25.9 Å². The first-order valence-electron chi connectivity index (χ1n) is 6.83. The van der Waals surface area contributed by atoms with E-state index in [0.717, 1.165) is 6.07 Å². The van der Waals surface area contributed by atoms with Crippen LogP contribution in [-0.2, 0) is 16.4 Å². The molecule has 1 heterocycles. The molecule has 0 radical (unpaired) electrons. The van der Waals surface area contributed by atoms with Gasteiger partial charge in [0.05, 0.1) is 18.6 Å². The van der Waals surface area contributed by atoms with Crippen molar-refractivity contribution in [2.24, 2.45) is 0 Å². The Labute approximate surface area is 123 Å². The lowest BCUT2D eigenvalue weighted by molar-refractivity contribution is 0.208. The Morgan fingerprint density at radius 3 is 2.62 bits per heavy atom. The van der Waals surface area contributed by atoms with E-state index in [1.807, 2.05) is 11.8 Å². The summed E-state index contributed by atoms with van der Waals surface area (Å²) in [5.41, 5.74) is 0.128. The second-order valence-electron chi connectivity index (χ2n) is 5.16. The molecule has 0 spiro atoms. The summed E-state index contributed by atoms with van der Waals surface area (Å²) in [6.07, 6.45) is 0.523. The monoisotopic (exact) mass is 319 g/mol. The highest BCUT2D eigenvalue weighted by Gasteiger charge is 2.32. The van der Waals surface area contributed by atoms with Gasteiger partial charge in [0.25, 0.3) is 0 Å². The third kappa shape index (κ3) is 3.52. The second-order valence-corrected chi connectivity index (χ2v) is 7.39. The average Bonchev–Trinajstić information content (AvgIpc) is 2.80. The topological polar surface area (TPSA) is 46.6 Å². The predicted octanol–water partition coefficient (Wildman–Crippen LogP) is 1.98. The van der Waals surface area contributed by atoms with Crippen LogP contribution in [0, 0.1) is 11.6 Å². The molecule has 7 heteroatoms. The highest BCUT2D eigenvalue weighted by Crippen LogP contribution is 2.27. The second kappa shape index (κ2) is 6.27. The van der Waals surface area contributed by atoms with E-state index in [1.54, 1.807) is 0 Å². The Kier molecular flexibility index (Phi) is 4.83. The molecule has 4 nitrogen and oxygen atoms in total. The summed E-state index contributed by atoms with van der Waals surface area (Å²) in [7, 11) is -1.62. The first-order valence-corrected chi connectivity index (χ1v) is 8.65. The van der Waals surface area contributed by atoms with Gasteiger partial charge in [0, 0.05) is 18.2 Å². The Balaban J connectivity index is 2.25. The minimum absolute atomic E-state index is 0.0695. The van der Waals surface area contributed by atoms with Crippen LogP contribution >= 0.6 is 0 Å². The fraction of sp³-hybridized carbons (Fsp3) is 0.571. The van der Waals surface area contributed by atoms with E-state index in [2.05, 4.69) is 0 Å². The molecule has 0 aromatic heterocycles. The van der Waals surface area contributed by atoms with Gasteiger partial charge in [-0.1, -0.05) is 6.92 Å². The minimum Gasteiger partial charge on any atom is -0.496 e. The molecule has 1 atom stereocenters. The van der Waals surface area contributed by atoms with Gasteiger partial charge in [-0.15, -0.1) is 0 Å². The summed E-state index contributed by atoms with van der Waals surface area (Å²) in [6.45, 7) is 2.55. The van der Waals surface area contributed by atoms with Gasteiger partial charge in [0.15, 0.2) is 21.5 Å². The van der Waals surface area contributed by atoms with Gasteiger partial charge in [0.1, 0.15) is 5.75 Å². The van der Waals surface area contributed by atoms with E-state index in [0.29, 0.717) is 13.0 Å². The molecule has 21 heavy (non-hydrogen) atoms. The van der Waals surface area contributed by atoms with Crippen molar-refractivity contribution >= 4 is 9.84 Å². The fourth-order valence-electron chi connectivity index (χ4n) is 2.68. The number of methoxy groups -OCH3 is 1. The van der Waals surface area contributed by atoms with Gasteiger partial charge in [-0.05, 0) is 25.1 Å². The third-order valence-electron chi connectivity index (χ3n) is 3.87. The molecule has 2 rings (SSSR count). The lowest BCUT2D eigenvalue weighted by Gasteiger charge is -2.27. The smallest absolute Gasteiger partial charge is 0.167 e. The Morgan fingerprint density at radius 1 is 1.38 bits per heavy atom. The van der Waals surface area contributed by atoms with Gasteiger partial charge < -0.3 is 4.74 Å². The number of ether oxygens (including phenoxy) is 1. The molecule has 0 unspecified atom stereocenters. The number of rotatable bonds is 5. The Bertz CT molecular complexity index is 619. The number of hydrogen-bond acceptors (Lipinski definition) is 4. The molecule has 0 aliphatic carbocycles. The quantitative estimate of drug-likeness (QED) is 0.833. The summed E-state index contributed by atoms with van der Waals surface area (Å²) >= 11 is 0. The Morgan fingerprint density at radius 2 is 2.10 bits per heavy atom. The predicted molar refractivity (Wildman–Crippen MR) is 76.1 cm³/mol. The van der Waals surface area contributed by atoms with Crippen LogP contribution in [0.3, 0.4) is 0 Å². The van der Waals surface area contributed by atoms with E-state index in [-0.39, 0.29) is 35.4 Å². The summed E-state index contributed by atoms with van der Waals surface area (Å²) in [5, 5.41) is 0. The zero-order valence-electron chi connectivity index (χ0n) is 12.1. The SMILES string of the molecule is CCN(Cc1c(OC)ccc(F)c1F)[C@H]1CCS(=O)(=O)C1. The van der Waals surface area contributed by atoms with Gasteiger partial charge >= 0.3 is 0 Å². The molecule has 1 fully saturated rings. The molecular weight excluding hydrogens is 300 g/mol. The average molecular weight is 319 g/mol. The summed E-state index contributed by atoms with van der Waals surface area (Å²) < 4.78 is 55.6. The molecule has 1 saturated heterocycles. The van der Waals surface area contributed by atoms with Crippen LogP contribution in [0.15, 0.2) is 12.1 Å².